The summed E-state index contributed by atoms with van der Waals surface area (Å²) in [6.45, 7) is 0.956. The lowest BCUT2D eigenvalue weighted by molar-refractivity contribution is -0.170. The predicted octanol–water partition coefficient (Wildman–Crippen LogP) is 4.17. The van der Waals surface area contributed by atoms with Crippen LogP contribution in [-0.4, -0.2) is 24.0 Å². The molecule has 3 unspecified atom stereocenters. The lowest BCUT2D eigenvalue weighted by Gasteiger charge is -2.47. The highest BCUT2D eigenvalue weighted by molar-refractivity contribution is 6.01. The summed E-state index contributed by atoms with van der Waals surface area (Å²) in [6.07, 6.45) is 8.01. The molecule has 1 aromatic carbocycles. The highest BCUT2D eigenvalue weighted by atomic mass is 16.5. The normalized spacial score (nSPS) is 44.8. The standard InChI is InChI=1S/C25H30O4/c26-20-11-17-12-25(23(20)24(27)28-13-15-6-2-1-3-7-15)22-18(14-29-25)10-16-8-4-5-9-19(16)21(17)22/h1-3,6-7,16-19,21-23H,4-5,8-14H2/t16-,17-,18-,19+,21?,22?,23?,25-/m0/s1. The number of Topliss-reactive ketones (excluding diaryl/α,β-unsaturated/α-hetero) is 1. The molecule has 4 heteroatoms. The van der Waals surface area contributed by atoms with Crippen molar-refractivity contribution < 1.29 is 19.1 Å². The second-order valence-corrected chi connectivity index (χ2v) is 10.2. The summed E-state index contributed by atoms with van der Waals surface area (Å²) in [4.78, 5) is 26.4. The summed E-state index contributed by atoms with van der Waals surface area (Å²) in [5, 5.41) is 0. The zero-order valence-corrected chi connectivity index (χ0v) is 16.9. The Labute approximate surface area is 172 Å². The minimum absolute atomic E-state index is 0.0710. The van der Waals surface area contributed by atoms with Gasteiger partial charge in [0, 0.05) is 6.42 Å². The maximum atomic E-state index is 13.2. The van der Waals surface area contributed by atoms with Gasteiger partial charge in [0.1, 0.15) is 18.3 Å². The van der Waals surface area contributed by atoms with E-state index in [0.29, 0.717) is 30.1 Å². The minimum atomic E-state index is -0.720. The highest BCUT2D eigenvalue weighted by Gasteiger charge is 2.72. The molecule has 5 aliphatic rings. The van der Waals surface area contributed by atoms with E-state index < -0.39 is 11.5 Å². The van der Waals surface area contributed by atoms with Crippen molar-refractivity contribution in [1.29, 1.82) is 0 Å². The van der Waals surface area contributed by atoms with Crippen LogP contribution in [0.4, 0.5) is 0 Å². The Balaban J connectivity index is 1.29. The third-order valence-corrected chi connectivity index (χ3v) is 8.98. The summed E-state index contributed by atoms with van der Waals surface area (Å²) < 4.78 is 12.2. The van der Waals surface area contributed by atoms with Crippen LogP contribution in [0.25, 0.3) is 0 Å². The van der Waals surface area contributed by atoms with Gasteiger partial charge in [-0.2, -0.15) is 0 Å². The van der Waals surface area contributed by atoms with Gasteiger partial charge in [0.05, 0.1) is 12.2 Å². The smallest absolute Gasteiger partial charge is 0.319 e. The first-order valence-corrected chi connectivity index (χ1v) is 11.5. The molecule has 29 heavy (non-hydrogen) atoms. The number of carbonyl (C=O) groups is 2. The van der Waals surface area contributed by atoms with E-state index in [2.05, 4.69) is 0 Å². The Morgan fingerprint density at radius 1 is 1.10 bits per heavy atom. The SMILES string of the molecule is O=C1C[C@H]2C[C@@]3(OC[C@@H]4C[C@@H]5CCCC[C@H]5C2C43)C1C(=O)OCc1ccccc1. The second-order valence-electron chi connectivity index (χ2n) is 10.2. The molecule has 1 aromatic rings. The molecular formula is C25H30O4. The van der Waals surface area contributed by atoms with E-state index in [-0.39, 0.29) is 18.4 Å². The lowest BCUT2D eigenvalue weighted by atomic mass is 9.56. The number of fused-ring (bicyclic) bond motifs is 4. The Hall–Kier alpha value is -1.68. The van der Waals surface area contributed by atoms with Crippen molar-refractivity contribution in [2.75, 3.05) is 6.61 Å². The molecule has 1 heterocycles. The molecule has 4 saturated carbocycles. The highest BCUT2D eigenvalue weighted by Crippen LogP contribution is 2.68. The van der Waals surface area contributed by atoms with Crippen LogP contribution in [-0.2, 0) is 25.7 Å². The topological polar surface area (TPSA) is 52.6 Å². The van der Waals surface area contributed by atoms with Gasteiger partial charge in [-0.15, -0.1) is 0 Å². The zero-order valence-electron chi connectivity index (χ0n) is 16.9. The number of esters is 1. The number of ether oxygens (including phenoxy) is 2. The Bertz CT molecular complexity index is 819. The summed E-state index contributed by atoms with van der Waals surface area (Å²) in [6, 6.07) is 9.71. The van der Waals surface area contributed by atoms with Crippen molar-refractivity contribution in [2.45, 2.75) is 57.2 Å². The van der Waals surface area contributed by atoms with Crippen molar-refractivity contribution in [3.05, 3.63) is 35.9 Å². The minimum Gasteiger partial charge on any atom is -0.460 e. The largest absolute Gasteiger partial charge is 0.460 e. The van der Waals surface area contributed by atoms with Crippen LogP contribution in [0.3, 0.4) is 0 Å². The summed E-state index contributed by atoms with van der Waals surface area (Å²) in [7, 11) is 0. The molecule has 0 amide bonds. The van der Waals surface area contributed by atoms with Gasteiger partial charge < -0.3 is 9.47 Å². The van der Waals surface area contributed by atoms with Crippen molar-refractivity contribution in [3.8, 4) is 0 Å². The van der Waals surface area contributed by atoms with Crippen molar-refractivity contribution in [3.63, 3.8) is 0 Å². The number of hydrogen-bond acceptors (Lipinski definition) is 4. The Morgan fingerprint density at radius 2 is 1.93 bits per heavy atom. The average Bonchev–Trinajstić information content (AvgIpc) is 3.21. The zero-order chi connectivity index (χ0) is 19.6. The van der Waals surface area contributed by atoms with Crippen LogP contribution in [0.5, 0.6) is 0 Å². The van der Waals surface area contributed by atoms with Crippen LogP contribution < -0.4 is 0 Å². The first kappa shape index (κ1) is 18.1. The summed E-state index contributed by atoms with van der Waals surface area (Å²) >= 11 is 0. The molecule has 154 valence electrons. The van der Waals surface area contributed by atoms with Gasteiger partial charge in [-0.05, 0) is 60.3 Å². The summed E-state index contributed by atoms with van der Waals surface area (Å²) in [5.74, 6) is 2.45. The number of rotatable bonds is 3. The second kappa shape index (κ2) is 6.66. The quantitative estimate of drug-likeness (QED) is 0.570. The molecular weight excluding hydrogens is 364 g/mol. The molecule has 6 rings (SSSR count). The van der Waals surface area contributed by atoms with E-state index in [1.807, 2.05) is 30.3 Å². The molecule has 0 radical (unpaired) electrons. The molecule has 5 fully saturated rings. The van der Waals surface area contributed by atoms with E-state index in [1.165, 1.54) is 32.1 Å². The van der Waals surface area contributed by atoms with E-state index in [9.17, 15) is 9.59 Å². The predicted molar refractivity (Wildman–Crippen MR) is 107 cm³/mol. The maximum absolute atomic E-state index is 13.2. The number of carbonyl (C=O) groups excluding carboxylic acids is 2. The van der Waals surface area contributed by atoms with E-state index >= 15 is 0 Å². The molecule has 1 saturated heterocycles. The Morgan fingerprint density at radius 3 is 2.79 bits per heavy atom. The first-order valence-electron chi connectivity index (χ1n) is 11.5. The van der Waals surface area contributed by atoms with E-state index in [4.69, 9.17) is 9.47 Å². The van der Waals surface area contributed by atoms with Gasteiger partial charge in [0.2, 0.25) is 0 Å². The number of hydrogen-bond donors (Lipinski definition) is 0. The maximum Gasteiger partial charge on any atom is 0.319 e. The average molecular weight is 395 g/mol. The first-order chi connectivity index (χ1) is 14.2. The molecule has 0 aromatic heterocycles. The monoisotopic (exact) mass is 394 g/mol. The van der Waals surface area contributed by atoms with Crippen LogP contribution in [0.15, 0.2) is 30.3 Å². The fourth-order valence-electron chi connectivity index (χ4n) is 8.18. The van der Waals surface area contributed by atoms with Gasteiger partial charge in [0.25, 0.3) is 0 Å². The molecule has 1 spiro atoms. The molecule has 1 aliphatic heterocycles. The van der Waals surface area contributed by atoms with Crippen LogP contribution in [0.1, 0.15) is 50.5 Å². The van der Waals surface area contributed by atoms with E-state index in [1.54, 1.807) is 0 Å². The third kappa shape index (κ3) is 2.60. The van der Waals surface area contributed by atoms with Gasteiger partial charge in [-0.25, -0.2) is 0 Å². The Kier molecular flexibility index (Phi) is 4.16. The lowest BCUT2D eigenvalue weighted by Crippen LogP contribution is -2.52. The van der Waals surface area contributed by atoms with Gasteiger partial charge in [-0.3, -0.25) is 9.59 Å². The molecule has 4 aliphatic carbocycles. The molecule has 0 N–H and O–H groups in total. The van der Waals surface area contributed by atoms with Crippen molar-refractivity contribution in [2.24, 2.45) is 41.4 Å². The fraction of sp³-hybridized carbons (Fsp3) is 0.680. The number of ketones is 1. The van der Waals surface area contributed by atoms with Gasteiger partial charge >= 0.3 is 5.97 Å². The van der Waals surface area contributed by atoms with Crippen LogP contribution in [0.2, 0.25) is 0 Å². The third-order valence-electron chi connectivity index (χ3n) is 8.98. The molecule has 4 nitrogen and oxygen atoms in total. The molecule has 2 bridgehead atoms. The fourth-order valence-corrected chi connectivity index (χ4v) is 8.18. The van der Waals surface area contributed by atoms with Crippen LogP contribution in [0, 0.1) is 41.4 Å². The van der Waals surface area contributed by atoms with Crippen LogP contribution >= 0.6 is 0 Å². The van der Waals surface area contributed by atoms with E-state index in [0.717, 1.165) is 30.4 Å². The molecule has 8 atom stereocenters. The van der Waals surface area contributed by atoms with Gasteiger partial charge in [0.15, 0.2) is 0 Å². The van der Waals surface area contributed by atoms with Crippen molar-refractivity contribution >= 4 is 11.8 Å². The van der Waals surface area contributed by atoms with Gasteiger partial charge in [-0.1, -0.05) is 49.6 Å². The number of benzene rings is 1. The summed E-state index contributed by atoms with van der Waals surface area (Å²) in [5.41, 5.74) is 0.377. The van der Waals surface area contributed by atoms with Crippen molar-refractivity contribution in [1.82, 2.24) is 0 Å².